The third-order valence-corrected chi connectivity index (χ3v) is 3.26. The van der Waals surface area contributed by atoms with Crippen LogP contribution in [0.4, 0.5) is 0 Å². The molecule has 0 spiro atoms. The summed E-state index contributed by atoms with van der Waals surface area (Å²) in [6.07, 6.45) is 0. The molecule has 0 unspecified atom stereocenters. The van der Waals surface area contributed by atoms with Crippen LogP contribution >= 0.6 is 15.9 Å². The van der Waals surface area contributed by atoms with E-state index in [0.717, 1.165) is 11.3 Å². The van der Waals surface area contributed by atoms with Crippen molar-refractivity contribution in [3.8, 4) is 5.75 Å². The number of furan rings is 1. The molecule has 1 aromatic carbocycles. The molecule has 0 aliphatic carbocycles. The average molecular weight is 367 g/mol. The number of hydrogen-bond donors (Lipinski definition) is 2. The van der Waals surface area contributed by atoms with Crippen LogP contribution in [0, 0.1) is 0 Å². The fraction of sp³-hybridized carbons (Fsp3) is 0.200. The van der Waals surface area contributed by atoms with Crippen molar-refractivity contribution in [2.45, 2.75) is 6.54 Å². The second kappa shape index (κ2) is 7.65. The Bertz CT molecular complexity index is 669. The van der Waals surface area contributed by atoms with Crippen molar-refractivity contribution < 1.29 is 18.7 Å². The summed E-state index contributed by atoms with van der Waals surface area (Å²) >= 11 is 3.11. The summed E-state index contributed by atoms with van der Waals surface area (Å²) in [7, 11) is 1.58. The Kier molecular flexibility index (Phi) is 5.60. The van der Waals surface area contributed by atoms with Crippen LogP contribution < -0.4 is 15.4 Å². The number of amides is 2. The second-order valence-electron chi connectivity index (χ2n) is 4.41. The molecule has 0 aliphatic rings. The van der Waals surface area contributed by atoms with Gasteiger partial charge in [-0.1, -0.05) is 12.1 Å². The maximum atomic E-state index is 11.7. The SMILES string of the molecule is COc1cccc(CNC(=O)CNC(=O)c2ccc(Br)o2)c1. The van der Waals surface area contributed by atoms with Gasteiger partial charge in [0.05, 0.1) is 13.7 Å². The van der Waals surface area contributed by atoms with E-state index in [1.807, 2.05) is 24.3 Å². The minimum Gasteiger partial charge on any atom is -0.497 e. The summed E-state index contributed by atoms with van der Waals surface area (Å²) in [5.74, 6) is 0.139. The molecule has 2 amide bonds. The van der Waals surface area contributed by atoms with Gasteiger partial charge in [0.25, 0.3) is 5.91 Å². The van der Waals surface area contributed by atoms with E-state index in [9.17, 15) is 9.59 Å². The maximum Gasteiger partial charge on any atom is 0.287 e. The van der Waals surface area contributed by atoms with Gasteiger partial charge in [0.15, 0.2) is 10.4 Å². The average Bonchev–Trinajstić information content (AvgIpc) is 2.97. The van der Waals surface area contributed by atoms with E-state index in [4.69, 9.17) is 9.15 Å². The molecule has 2 N–H and O–H groups in total. The molecule has 0 atom stereocenters. The fourth-order valence-corrected chi connectivity index (χ4v) is 2.04. The second-order valence-corrected chi connectivity index (χ2v) is 5.20. The van der Waals surface area contributed by atoms with Gasteiger partial charge in [0, 0.05) is 6.54 Å². The van der Waals surface area contributed by atoms with Crippen molar-refractivity contribution in [3.05, 3.63) is 52.4 Å². The molecule has 0 bridgehead atoms. The number of rotatable bonds is 6. The highest BCUT2D eigenvalue weighted by atomic mass is 79.9. The highest BCUT2D eigenvalue weighted by Gasteiger charge is 2.11. The third kappa shape index (κ3) is 4.63. The van der Waals surface area contributed by atoms with Gasteiger partial charge in [0.1, 0.15) is 5.75 Å². The van der Waals surface area contributed by atoms with E-state index in [-0.39, 0.29) is 18.2 Å². The predicted molar refractivity (Wildman–Crippen MR) is 83.6 cm³/mol. The van der Waals surface area contributed by atoms with Gasteiger partial charge in [-0.3, -0.25) is 9.59 Å². The van der Waals surface area contributed by atoms with Crippen LogP contribution in [0.3, 0.4) is 0 Å². The first-order chi connectivity index (χ1) is 10.6. The molecule has 0 aliphatic heterocycles. The number of carbonyl (C=O) groups excluding carboxylic acids is 2. The smallest absolute Gasteiger partial charge is 0.287 e. The summed E-state index contributed by atoms with van der Waals surface area (Å²) in [5, 5.41) is 5.19. The molecule has 1 aromatic heterocycles. The molecule has 7 heteroatoms. The lowest BCUT2D eigenvalue weighted by Crippen LogP contribution is -2.36. The Morgan fingerprint density at radius 1 is 1.23 bits per heavy atom. The summed E-state index contributed by atoms with van der Waals surface area (Å²) in [5.41, 5.74) is 0.911. The Hall–Kier alpha value is -2.28. The van der Waals surface area contributed by atoms with E-state index in [0.29, 0.717) is 11.2 Å². The zero-order valence-electron chi connectivity index (χ0n) is 11.9. The summed E-state index contributed by atoms with van der Waals surface area (Å²) in [6.45, 7) is 0.235. The van der Waals surface area contributed by atoms with Crippen LogP contribution in [0.15, 0.2) is 45.5 Å². The number of benzene rings is 1. The molecule has 1 heterocycles. The van der Waals surface area contributed by atoms with Crippen molar-refractivity contribution in [3.63, 3.8) is 0 Å². The quantitative estimate of drug-likeness (QED) is 0.820. The molecule has 0 saturated carbocycles. The molecule has 22 heavy (non-hydrogen) atoms. The molecule has 2 rings (SSSR count). The predicted octanol–water partition coefficient (Wildman–Crippen LogP) is 2.10. The number of nitrogens with one attached hydrogen (secondary N) is 2. The summed E-state index contributed by atoms with van der Waals surface area (Å²) < 4.78 is 10.7. The van der Waals surface area contributed by atoms with Gasteiger partial charge in [-0.25, -0.2) is 0 Å². The third-order valence-electron chi connectivity index (χ3n) is 2.83. The normalized spacial score (nSPS) is 10.1. The van der Waals surface area contributed by atoms with Crippen LogP contribution in [-0.2, 0) is 11.3 Å². The Morgan fingerprint density at radius 2 is 2.05 bits per heavy atom. The number of ether oxygens (including phenoxy) is 1. The van der Waals surface area contributed by atoms with Crippen molar-refractivity contribution in [2.75, 3.05) is 13.7 Å². The first-order valence-corrected chi connectivity index (χ1v) is 7.31. The summed E-state index contributed by atoms with van der Waals surface area (Å²) in [4.78, 5) is 23.4. The number of carbonyl (C=O) groups is 2. The van der Waals surface area contributed by atoms with Crippen molar-refractivity contribution >= 4 is 27.7 Å². The van der Waals surface area contributed by atoms with E-state index >= 15 is 0 Å². The van der Waals surface area contributed by atoms with E-state index < -0.39 is 5.91 Å². The topological polar surface area (TPSA) is 80.6 Å². The highest BCUT2D eigenvalue weighted by Crippen LogP contribution is 2.13. The van der Waals surface area contributed by atoms with E-state index in [1.54, 1.807) is 13.2 Å². The molecule has 0 radical (unpaired) electrons. The Morgan fingerprint density at radius 3 is 2.73 bits per heavy atom. The van der Waals surface area contributed by atoms with Crippen LogP contribution in [0.2, 0.25) is 0 Å². The molecule has 116 valence electrons. The first kappa shape index (κ1) is 16.1. The van der Waals surface area contributed by atoms with Gasteiger partial charge in [-0.2, -0.15) is 0 Å². The van der Waals surface area contributed by atoms with Crippen LogP contribution in [0.1, 0.15) is 16.1 Å². The van der Waals surface area contributed by atoms with Gasteiger partial charge in [0.2, 0.25) is 5.91 Å². The summed E-state index contributed by atoms with van der Waals surface area (Å²) in [6, 6.07) is 10.5. The van der Waals surface area contributed by atoms with Gasteiger partial charge in [-0.15, -0.1) is 0 Å². The Balaban J connectivity index is 1.77. The number of methoxy groups -OCH3 is 1. The Labute approximate surface area is 136 Å². The molecule has 6 nitrogen and oxygen atoms in total. The fourth-order valence-electron chi connectivity index (χ4n) is 1.73. The van der Waals surface area contributed by atoms with Crippen LogP contribution in [0.25, 0.3) is 0 Å². The van der Waals surface area contributed by atoms with Crippen molar-refractivity contribution in [2.24, 2.45) is 0 Å². The molecule has 2 aromatic rings. The standard InChI is InChI=1S/C15H15BrN2O4/c1-21-11-4-2-3-10(7-11)8-17-14(19)9-18-15(20)12-5-6-13(16)22-12/h2-7H,8-9H2,1H3,(H,17,19)(H,18,20). The van der Waals surface area contributed by atoms with Gasteiger partial charge in [-0.05, 0) is 45.8 Å². The number of halogens is 1. The zero-order valence-corrected chi connectivity index (χ0v) is 13.5. The van der Waals surface area contributed by atoms with Gasteiger partial charge < -0.3 is 19.8 Å². The van der Waals surface area contributed by atoms with Gasteiger partial charge >= 0.3 is 0 Å². The molecule has 0 fully saturated rings. The van der Waals surface area contributed by atoms with E-state index in [2.05, 4.69) is 26.6 Å². The molecular formula is C15H15BrN2O4. The van der Waals surface area contributed by atoms with Crippen molar-refractivity contribution in [1.29, 1.82) is 0 Å². The lowest BCUT2D eigenvalue weighted by atomic mass is 10.2. The minimum atomic E-state index is -0.442. The van der Waals surface area contributed by atoms with E-state index in [1.165, 1.54) is 6.07 Å². The maximum absolute atomic E-state index is 11.7. The lowest BCUT2D eigenvalue weighted by molar-refractivity contribution is -0.120. The molecular weight excluding hydrogens is 352 g/mol. The largest absolute Gasteiger partial charge is 0.497 e. The zero-order chi connectivity index (χ0) is 15.9. The van der Waals surface area contributed by atoms with Crippen molar-refractivity contribution in [1.82, 2.24) is 10.6 Å². The monoisotopic (exact) mass is 366 g/mol. The highest BCUT2D eigenvalue weighted by molar-refractivity contribution is 9.10. The molecule has 0 saturated heterocycles. The first-order valence-electron chi connectivity index (χ1n) is 6.51. The van der Waals surface area contributed by atoms with Crippen LogP contribution in [0.5, 0.6) is 5.75 Å². The number of hydrogen-bond acceptors (Lipinski definition) is 4. The lowest BCUT2D eigenvalue weighted by Gasteiger charge is -2.07. The van der Waals surface area contributed by atoms with Crippen LogP contribution in [-0.4, -0.2) is 25.5 Å². The minimum absolute atomic E-state index is 0.124.